The Labute approximate surface area is 121 Å². The molecule has 1 fully saturated rings. The Hall–Kier alpha value is -1.55. The number of nitrogens with one attached hydrogen (secondary N) is 2. The van der Waals surface area contributed by atoms with Crippen molar-refractivity contribution in [2.24, 2.45) is 5.92 Å². The first-order chi connectivity index (χ1) is 9.81. The number of anilines is 1. The highest BCUT2D eigenvalue weighted by atomic mass is 16.5. The highest BCUT2D eigenvalue weighted by Crippen LogP contribution is 2.24. The van der Waals surface area contributed by atoms with Gasteiger partial charge < -0.3 is 20.2 Å². The van der Waals surface area contributed by atoms with Gasteiger partial charge in [0.15, 0.2) is 0 Å². The Morgan fingerprint density at radius 2 is 2.00 bits per heavy atom. The van der Waals surface area contributed by atoms with Gasteiger partial charge in [-0.25, -0.2) is 0 Å². The van der Waals surface area contributed by atoms with Crippen LogP contribution in [0.15, 0.2) is 24.3 Å². The lowest BCUT2D eigenvalue weighted by Gasteiger charge is -2.22. The smallest absolute Gasteiger partial charge is 0.142 e. The summed E-state index contributed by atoms with van der Waals surface area (Å²) in [6.07, 6.45) is 4.49. The fraction of sp³-hybridized carbons (Fsp3) is 0.562. The van der Waals surface area contributed by atoms with Crippen LogP contribution in [0, 0.1) is 5.92 Å². The molecule has 0 aliphatic carbocycles. The standard InChI is InChI=1S/C14H22N2O.C2H4O/c1-15-13-4-2-3-5-14(13)17-11-8-12-6-9-16-10-7-12;1-2-3/h2-5,12,15-16H,6-11H2,1H3;2H,1H3. The number of para-hydroxylation sites is 2. The van der Waals surface area contributed by atoms with Crippen LogP contribution in [0.25, 0.3) is 0 Å². The normalized spacial score (nSPS) is 14.9. The number of hydrogen-bond acceptors (Lipinski definition) is 4. The molecule has 2 rings (SSSR count). The number of carbonyl (C=O) groups excluding carboxylic acids is 1. The van der Waals surface area contributed by atoms with Crippen molar-refractivity contribution in [3.8, 4) is 5.75 Å². The monoisotopic (exact) mass is 278 g/mol. The summed E-state index contributed by atoms with van der Waals surface area (Å²) in [7, 11) is 1.93. The molecule has 0 bridgehead atoms. The lowest BCUT2D eigenvalue weighted by atomic mass is 9.95. The summed E-state index contributed by atoms with van der Waals surface area (Å²) in [4.78, 5) is 8.81. The summed E-state index contributed by atoms with van der Waals surface area (Å²) in [5.74, 6) is 1.79. The predicted molar refractivity (Wildman–Crippen MR) is 83.4 cm³/mol. The van der Waals surface area contributed by atoms with Crippen molar-refractivity contribution >= 4 is 12.0 Å². The Morgan fingerprint density at radius 3 is 2.65 bits per heavy atom. The lowest BCUT2D eigenvalue weighted by Crippen LogP contribution is -2.28. The minimum atomic E-state index is 0.750. The fourth-order valence-electron chi connectivity index (χ4n) is 2.30. The number of carbonyl (C=O) groups is 1. The number of ether oxygens (including phenoxy) is 1. The third kappa shape index (κ3) is 6.06. The van der Waals surface area contributed by atoms with Crippen molar-refractivity contribution in [1.82, 2.24) is 5.32 Å². The maximum absolute atomic E-state index is 8.81. The highest BCUT2D eigenvalue weighted by Gasteiger charge is 2.12. The number of benzene rings is 1. The van der Waals surface area contributed by atoms with Gasteiger partial charge in [0.2, 0.25) is 0 Å². The molecule has 1 saturated heterocycles. The molecule has 0 aromatic heterocycles. The molecule has 1 aromatic carbocycles. The third-order valence-corrected chi connectivity index (χ3v) is 3.40. The summed E-state index contributed by atoms with van der Waals surface area (Å²) in [5, 5.41) is 6.54. The summed E-state index contributed by atoms with van der Waals surface area (Å²) in [6, 6.07) is 8.10. The van der Waals surface area contributed by atoms with E-state index in [4.69, 9.17) is 9.53 Å². The van der Waals surface area contributed by atoms with Crippen molar-refractivity contribution < 1.29 is 9.53 Å². The molecule has 0 saturated carbocycles. The summed E-state index contributed by atoms with van der Waals surface area (Å²) in [5.41, 5.74) is 1.07. The van der Waals surface area contributed by atoms with Crippen molar-refractivity contribution in [2.75, 3.05) is 32.1 Å². The van der Waals surface area contributed by atoms with Gasteiger partial charge in [-0.15, -0.1) is 0 Å². The van der Waals surface area contributed by atoms with E-state index in [9.17, 15) is 0 Å². The van der Waals surface area contributed by atoms with Gasteiger partial charge in [-0.1, -0.05) is 12.1 Å². The Morgan fingerprint density at radius 1 is 1.35 bits per heavy atom. The van der Waals surface area contributed by atoms with Gasteiger partial charge in [-0.3, -0.25) is 0 Å². The van der Waals surface area contributed by atoms with Crippen LogP contribution in [0.3, 0.4) is 0 Å². The number of hydrogen-bond donors (Lipinski definition) is 2. The molecule has 2 N–H and O–H groups in total. The van der Waals surface area contributed by atoms with Crippen LogP contribution in [0.4, 0.5) is 5.69 Å². The lowest BCUT2D eigenvalue weighted by molar-refractivity contribution is -0.106. The first-order valence-corrected chi connectivity index (χ1v) is 7.32. The van der Waals surface area contributed by atoms with Crippen LogP contribution >= 0.6 is 0 Å². The molecule has 1 heterocycles. The van der Waals surface area contributed by atoms with Crippen LogP contribution in [-0.2, 0) is 4.79 Å². The average molecular weight is 278 g/mol. The third-order valence-electron chi connectivity index (χ3n) is 3.40. The Bertz CT molecular complexity index is 376. The molecule has 1 aromatic rings. The van der Waals surface area contributed by atoms with E-state index in [0.29, 0.717) is 0 Å². The van der Waals surface area contributed by atoms with Crippen molar-refractivity contribution in [3.05, 3.63) is 24.3 Å². The Kier molecular flexibility index (Phi) is 8.47. The molecule has 4 nitrogen and oxygen atoms in total. The molecule has 112 valence electrons. The molecule has 0 radical (unpaired) electrons. The summed E-state index contributed by atoms with van der Waals surface area (Å²) >= 11 is 0. The van der Waals surface area contributed by atoms with E-state index in [-0.39, 0.29) is 0 Å². The molecule has 0 unspecified atom stereocenters. The predicted octanol–water partition coefficient (Wildman–Crippen LogP) is 2.70. The fourth-order valence-corrected chi connectivity index (χ4v) is 2.30. The van der Waals surface area contributed by atoms with Crippen molar-refractivity contribution in [2.45, 2.75) is 26.2 Å². The number of piperidine rings is 1. The van der Waals surface area contributed by atoms with E-state index >= 15 is 0 Å². The summed E-state index contributed by atoms with van der Waals surface area (Å²) < 4.78 is 5.85. The van der Waals surface area contributed by atoms with E-state index in [1.165, 1.54) is 26.2 Å². The van der Waals surface area contributed by atoms with Gasteiger partial charge in [0.1, 0.15) is 12.0 Å². The van der Waals surface area contributed by atoms with Crippen molar-refractivity contribution in [3.63, 3.8) is 0 Å². The zero-order valence-electron chi connectivity index (χ0n) is 12.5. The second kappa shape index (κ2) is 10.3. The van der Waals surface area contributed by atoms with Crippen LogP contribution < -0.4 is 15.4 Å². The first-order valence-electron chi connectivity index (χ1n) is 7.32. The molecule has 0 spiro atoms. The number of aldehydes is 1. The maximum Gasteiger partial charge on any atom is 0.142 e. The molecular formula is C16H26N2O2. The van der Waals surface area contributed by atoms with E-state index in [1.54, 1.807) is 0 Å². The SMILES string of the molecule is CC=O.CNc1ccccc1OCCC1CCNCC1. The molecular weight excluding hydrogens is 252 g/mol. The summed E-state index contributed by atoms with van der Waals surface area (Å²) in [6.45, 7) is 4.60. The average Bonchev–Trinajstić information content (AvgIpc) is 2.50. The minimum absolute atomic E-state index is 0.750. The van der Waals surface area contributed by atoms with Gasteiger partial charge in [0.05, 0.1) is 12.3 Å². The highest BCUT2D eigenvalue weighted by molar-refractivity contribution is 5.55. The minimum Gasteiger partial charge on any atom is -0.491 e. The zero-order chi connectivity index (χ0) is 14.6. The molecule has 0 amide bonds. The van der Waals surface area contributed by atoms with Gasteiger partial charge >= 0.3 is 0 Å². The van der Waals surface area contributed by atoms with E-state index < -0.39 is 0 Å². The largest absolute Gasteiger partial charge is 0.491 e. The van der Waals surface area contributed by atoms with Crippen LogP contribution in [0.1, 0.15) is 26.2 Å². The molecule has 1 aliphatic heterocycles. The van der Waals surface area contributed by atoms with Crippen LogP contribution in [-0.4, -0.2) is 33.0 Å². The molecule has 20 heavy (non-hydrogen) atoms. The second-order valence-corrected chi connectivity index (χ2v) is 4.81. The molecule has 1 aliphatic rings. The molecule has 4 heteroatoms. The van der Waals surface area contributed by atoms with E-state index in [1.807, 2.05) is 31.3 Å². The van der Waals surface area contributed by atoms with E-state index in [0.717, 1.165) is 43.3 Å². The van der Waals surface area contributed by atoms with Gasteiger partial charge in [-0.05, 0) is 57.3 Å². The quantitative estimate of drug-likeness (QED) is 0.813. The van der Waals surface area contributed by atoms with Crippen LogP contribution in [0.2, 0.25) is 0 Å². The topological polar surface area (TPSA) is 50.4 Å². The maximum atomic E-state index is 8.81. The second-order valence-electron chi connectivity index (χ2n) is 4.81. The van der Waals surface area contributed by atoms with Crippen LogP contribution in [0.5, 0.6) is 5.75 Å². The van der Waals surface area contributed by atoms with Gasteiger partial charge in [0.25, 0.3) is 0 Å². The molecule has 0 atom stereocenters. The van der Waals surface area contributed by atoms with Crippen molar-refractivity contribution in [1.29, 1.82) is 0 Å². The Balaban J connectivity index is 0.000000612. The van der Waals surface area contributed by atoms with E-state index in [2.05, 4.69) is 10.6 Å². The number of rotatable bonds is 5. The zero-order valence-corrected chi connectivity index (χ0v) is 12.5. The first kappa shape index (κ1) is 16.5. The van der Waals surface area contributed by atoms with Gasteiger partial charge in [0, 0.05) is 7.05 Å². The van der Waals surface area contributed by atoms with Gasteiger partial charge in [-0.2, -0.15) is 0 Å².